The van der Waals surface area contributed by atoms with Crippen LogP contribution in [0.2, 0.25) is 10.2 Å². The number of phenolic OH excluding ortho intramolecular Hbond substituents is 1. The Kier molecular flexibility index (Phi) is 3.47. The molecule has 88 valence electrons. The molecule has 0 saturated heterocycles. The second kappa shape index (κ2) is 4.72. The van der Waals surface area contributed by atoms with Crippen LogP contribution in [0, 0.1) is 0 Å². The number of aromatic hydroxyl groups is 1. The molecule has 2 aromatic rings. The fraction of sp³-hybridized carbons (Fsp3) is 0. The Balaban J connectivity index is 2.52. The number of hydrogen-bond donors (Lipinski definition) is 2. The van der Waals surface area contributed by atoms with E-state index in [0.717, 1.165) is 0 Å². The van der Waals surface area contributed by atoms with E-state index in [9.17, 15) is 9.90 Å². The molecule has 0 amide bonds. The van der Waals surface area contributed by atoms with Gasteiger partial charge in [-0.1, -0.05) is 35.3 Å². The number of H-pyrrole nitrogens is 1. The average Bonchev–Trinajstić information content (AvgIpc) is 2.57. The number of nitrogens with one attached hydrogen (secondary N) is 1. The first-order valence-electron chi connectivity index (χ1n) is 4.57. The Morgan fingerprint density at radius 3 is 2.47 bits per heavy atom. The quantitative estimate of drug-likeness (QED) is 0.815. The maximum atomic E-state index is 12.1. The molecule has 1 aromatic heterocycles. The zero-order chi connectivity index (χ0) is 12.6. The van der Waals surface area contributed by atoms with Crippen LogP contribution in [-0.2, 0) is 0 Å². The normalized spacial score (nSPS) is 10.5. The Morgan fingerprint density at radius 1 is 1.29 bits per heavy atom. The highest BCUT2D eigenvalue weighted by Gasteiger charge is 2.21. The Bertz CT molecular complexity index is 595. The molecule has 1 aromatic carbocycles. The first-order chi connectivity index (χ1) is 8.02. The third-order valence-electron chi connectivity index (χ3n) is 2.22. The van der Waals surface area contributed by atoms with Crippen molar-refractivity contribution in [2.75, 3.05) is 0 Å². The van der Waals surface area contributed by atoms with Crippen molar-refractivity contribution in [1.29, 1.82) is 0 Å². The Hall–Kier alpha value is -0.970. The lowest BCUT2D eigenvalue weighted by Crippen LogP contribution is -2.02. The molecule has 0 bridgehead atoms. The average molecular weight is 335 g/mol. The van der Waals surface area contributed by atoms with Gasteiger partial charge in [0.25, 0.3) is 0 Å². The van der Waals surface area contributed by atoms with Gasteiger partial charge >= 0.3 is 0 Å². The minimum Gasteiger partial charge on any atom is -0.507 e. The van der Waals surface area contributed by atoms with Crippen LogP contribution in [0.1, 0.15) is 16.1 Å². The van der Waals surface area contributed by atoms with E-state index < -0.39 is 0 Å². The van der Waals surface area contributed by atoms with E-state index in [1.54, 1.807) is 12.1 Å². The van der Waals surface area contributed by atoms with E-state index in [2.05, 4.69) is 20.9 Å². The van der Waals surface area contributed by atoms with Crippen molar-refractivity contribution in [2.24, 2.45) is 0 Å². The SMILES string of the molecule is O=C(c1ccccc1O)c1[nH]c(Cl)c(Cl)c1Br. The molecule has 17 heavy (non-hydrogen) atoms. The molecule has 0 spiro atoms. The zero-order valence-electron chi connectivity index (χ0n) is 8.30. The second-order valence-electron chi connectivity index (χ2n) is 3.29. The maximum absolute atomic E-state index is 12.1. The molecule has 3 nitrogen and oxygen atoms in total. The smallest absolute Gasteiger partial charge is 0.214 e. The van der Waals surface area contributed by atoms with Gasteiger partial charge in [0.2, 0.25) is 5.78 Å². The van der Waals surface area contributed by atoms with Crippen LogP contribution in [-0.4, -0.2) is 15.9 Å². The van der Waals surface area contributed by atoms with E-state index in [0.29, 0.717) is 4.47 Å². The molecule has 2 rings (SSSR count). The summed E-state index contributed by atoms with van der Waals surface area (Å²) in [5.41, 5.74) is 0.393. The number of halogens is 3. The molecular weight excluding hydrogens is 329 g/mol. The highest BCUT2D eigenvalue weighted by atomic mass is 79.9. The lowest BCUT2D eigenvalue weighted by atomic mass is 10.1. The number of para-hydroxylation sites is 1. The molecule has 0 aliphatic heterocycles. The molecular formula is C11H6BrCl2NO2. The summed E-state index contributed by atoms with van der Waals surface area (Å²) >= 11 is 14.8. The Morgan fingerprint density at radius 2 is 1.94 bits per heavy atom. The molecule has 0 fully saturated rings. The zero-order valence-corrected chi connectivity index (χ0v) is 11.4. The molecule has 0 atom stereocenters. The van der Waals surface area contributed by atoms with Gasteiger partial charge in [-0.25, -0.2) is 0 Å². The summed E-state index contributed by atoms with van der Waals surface area (Å²) in [5, 5.41) is 10.0. The molecule has 6 heteroatoms. The fourth-order valence-electron chi connectivity index (χ4n) is 1.38. The summed E-state index contributed by atoms with van der Waals surface area (Å²) in [6.45, 7) is 0. The van der Waals surface area contributed by atoms with E-state index in [1.165, 1.54) is 12.1 Å². The van der Waals surface area contributed by atoms with E-state index in [4.69, 9.17) is 23.2 Å². The fourth-order valence-corrected chi connectivity index (χ4v) is 2.30. The second-order valence-corrected chi connectivity index (χ2v) is 4.84. The van der Waals surface area contributed by atoms with Crippen molar-refractivity contribution in [2.45, 2.75) is 0 Å². The molecule has 0 unspecified atom stereocenters. The van der Waals surface area contributed by atoms with E-state index in [1.807, 2.05) is 0 Å². The van der Waals surface area contributed by atoms with Crippen molar-refractivity contribution in [1.82, 2.24) is 4.98 Å². The third kappa shape index (κ3) is 2.20. The number of aromatic nitrogens is 1. The van der Waals surface area contributed by atoms with Gasteiger partial charge in [0.05, 0.1) is 15.1 Å². The van der Waals surface area contributed by atoms with Gasteiger partial charge in [-0.3, -0.25) is 4.79 Å². The summed E-state index contributed by atoms with van der Waals surface area (Å²) in [6, 6.07) is 6.25. The Labute approximate surface area is 115 Å². The van der Waals surface area contributed by atoms with Crippen LogP contribution in [0.3, 0.4) is 0 Å². The third-order valence-corrected chi connectivity index (χ3v) is 3.99. The molecule has 0 radical (unpaired) electrons. The number of hydrogen-bond acceptors (Lipinski definition) is 2. The standard InChI is InChI=1S/C11H6BrCl2NO2/c12-7-8(13)11(14)15-9(7)10(17)5-3-1-2-4-6(5)16/h1-4,15-16H. The monoisotopic (exact) mass is 333 g/mol. The topological polar surface area (TPSA) is 53.1 Å². The number of carbonyl (C=O) groups is 1. The highest BCUT2D eigenvalue weighted by Crippen LogP contribution is 2.35. The van der Waals surface area contributed by atoms with Gasteiger partial charge in [-0.15, -0.1) is 0 Å². The van der Waals surface area contributed by atoms with E-state index in [-0.39, 0.29) is 33.0 Å². The first-order valence-corrected chi connectivity index (χ1v) is 6.12. The van der Waals surface area contributed by atoms with Crippen molar-refractivity contribution >= 4 is 44.9 Å². The molecule has 0 saturated carbocycles. The number of rotatable bonds is 2. The van der Waals surface area contributed by atoms with Crippen LogP contribution in [0.25, 0.3) is 0 Å². The van der Waals surface area contributed by atoms with Crippen LogP contribution in [0.4, 0.5) is 0 Å². The minimum atomic E-state index is -0.385. The van der Waals surface area contributed by atoms with Crippen molar-refractivity contribution in [3.63, 3.8) is 0 Å². The number of aromatic amines is 1. The van der Waals surface area contributed by atoms with Gasteiger partial charge < -0.3 is 10.1 Å². The maximum Gasteiger partial charge on any atom is 0.214 e. The first kappa shape index (κ1) is 12.5. The summed E-state index contributed by atoms with van der Waals surface area (Å²) in [5.74, 6) is -0.477. The summed E-state index contributed by atoms with van der Waals surface area (Å²) in [4.78, 5) is 14.8. The van der Waals surface area contributed by atoms with Crippen LogP contribution < -0.4 is 0 Å². The van der Waals surface area contributed by atoms with Gasteiger partial charge in [-0.2, -0.15) is 0 Å². The summed E-state index contributed by atoms with van der Waals surface area (Å²) in [7, 11) is 0. The predicted octanol–water partition coefficient (Wildman–Crippen LogP) is 4.02. The van der Waals surface area contributed by atoms with Crippen LogP contribution >= 0.6 is 39.1 Å². The lowest BCUT2D eigenvalue weighted by molar-refractivity contribution is 0.103. The summed E-state index contributed by atoms with van der Waals surface area (Å²) < 4.78 is 0.386. The van der Waals surface area contributed by atoms with Crippen LogP contribution in [0.5, 0.6) is 5.75 Å². The highest BCUT2D eigenvalue weighted by molar-refractivity contribution is 9.10. The molecule has 2 N–H and O–H groups in total. The molecule has 1 heterocycles. The predicted molar refractivity (Wildman–Crippen MR) is 70.1 cm³/mol. The number of phenols is 1. The summed E-state index contributed by atoms with van der Waals surface area (Å²) in [6.07, 6.45) is 0. The number of benzene rings is 1. The van der Waals surface area contributed by atoms with Crippen molar-refractivity contribution < 1.29 is 9.90 Å². The van der Waals surface area contributed by atoms with Crippen molar-refractivity contribution in [3.05, 3.63) is 50.2 Å². The molecule has 0 aliphatic rings. The number of ketones is 1. The van der Waals surface area contributed by atoms with Gasteiger partial charge in [0.1, 0.15) is 16.6 Å². The largest absolute Gasteiger partial charge is 0.507 e. The van der Waals surface area contributed by atoms with Gasteiger partial charge in [0.15, 0.2) is 0 Å². The molecule has 0 aliphatic carbocycles. The van der Waals surface area contributed by atoms with Crippen molar-refractivity contribution in [3.8, 4) is 5.75 Å². The van der Waals surface area contributed by atoms with Gasteiger partial charge in [0, 0.05) is 0 Å². The van der Waals surface area contributed by atoms with E-state index >= 15 is 0 Å². The number of carbonyl (C=O) groups excluding carboxylic acids is 1. The minimum absolute atomic E-state index is 0.0914. The van der Waals surface area contributed by atoms with Gasteiger partial charge in [-0.05, 0) is 28.1 Å². The van der Waals surface area contributed by atoms with Crippen LogP contribution in [0.15, 0.2) is 28.7 Å². The lowest BCUT2D eigenvalue weighted by Gasteiger charge is -2.02.